The number of rotatable bonds is 1. The highest BCUT2D eigenvalue weighted by Crippen LogP contribution is 2.32. The maximum Gasteiger partial charge on any atom is 0.260 e. The molecule has 0 spiro atoms. The van der Waals surface area contributed by atoms with Crippen molar-refractivity contribution in [3.63, 3.8) is 0 Å². The SMILES string of the molecule is Cc1noc(-c2cc(C)sc2N)n1. The van der Waals surface area contributed by atoms with Gasteiger partial charge in [0.2, 0.25) is 0 Å². The molecule has 0 atom stereocenters. The van der Waals surface area contributed by atoms with E-state index in [1.165, 1.54) is 11.3 Å². The Hall–Kier alpha value is -1.36. The molecule has 0 saturated heterocycles. The minimum absolute atomic E-state index is 0.499. The fourth-order valence-corrected chi connectivity index (χ4v) is 1.89. The van der Waals surface area contributed by atoms with Crippen LogP contribution in [-0.2, 0) is 0 Å². The quantitative estimate of drug-likeness (QED) is 0.755. The Balaban J connectivity index is 2.51. The Labute approximate surface area is 79.4 Å². The largest absolute Gasteiger partial charge is 0.390 e. The van der Waals surface area contributed by atoms with Gasteiger partial charge in [-0.25, -0.2) is 0 Å². The lowest BCUT2D eigenvalue weighted by atomic mass is 10.3. The van der Waals surface area contributed by atoms with E-state index in [2.05, 4.69) is 10.1 Å². The van der Waals surface area contributed by atoms with Crippen molar-refractivity contribution in [2.75, 3.05) is 5.73 Å². The standard InChI is InChI=1S/C8H9N3OS/c1-4-3-6(7(9)13-4)8-10-5(2)11-12-8/h3H,9H2,1-2H3. The zero-order valence-electron chi connectivity index (χ0n) is 7.37. The molecule has 2 aromatic heterocycles. The molecule has 0 aliphatic heterocycles. The summed E-state index contributed by atoms with van der Waals surface area (Å²) in [5.74, 6) is 1.12. The van der Waals surface area contributed by atoms with Crippen LogP contribution >= 0.6 is 11.3 Å². The van der Waals surface area contributed by atoms with E-state index in [1.54, 1.807) is 6.92 Å². The predicted molar refractivity (Wildman–Crippen MR) is 51.5 cm³/mol. The van der Waals surface area contributed by atoms with Crippen LogP contribution in [0, 0.1) is 13.8 Å². The third-order valence-electron chi connectivity index (χ3n) is 1.64. The Morgan fingerprint density at radius 2 is 2.23 bits per heavy atom. The van der Waals surface area contributed by atoms with Crippen molar-refractivity contribution in [3.8, 4) is 11.5 Å². The van der Waals surface area contributed by atoms with Gasteiger partial charge >= 0.3 is 0 Å². The van der Waals surface area contributed by atoms with Crippen LogP contribution in [0.2, 0.25) is 0 Å². The molecular formula is C8H9N3OS. The maximum atomic E-state index is 5.77. The highest BCUT2D eigenvalue weighted by molar-refractivity contribution is 7.16. The van der Waals surface area contributed by atoms with Crippen LogP contribution in [-0.4, -0.2) is 10.1 Å². The summed E-state index contributed by atoms with van der Waals surface area (Å²) in [5, 5.41) is 4.43. The third kappa shape index (κ3) is 1.42. The number of nitrogens with zero attached hydrogens (tertiary/aromatic N) is 2. The van der Waals surface area contributed by atoms with E-state index in [-0.39, 0.29) is 0 Å². The molecule has 0 amide bonds. The number of nitrogens with two attached hydrogens (primary N) is 1. The molecule has 13 heavy (non-hydrogen) atoms. The molecule has 2 aromatic rings. The summed E-state index contributed by atoms with van der Waals surface area (Å²) in [6.07, 6.45) is 0. The van der Waals surface area contributed by atoms with Crippen LogP contribution in [0.1, 0.15) is 10.7 Å². The second kappa shape index (κ2) is 2.85. The van der Waals surface area contributed by atoms with Crippen molar-refractivity contribution < 1.29 is 4.52 Å². The summed E-state index contributed by atoms with van der Waals surface area (Å²) < 4.78 is 5.01. The molecule has 68 valence electrons. The number of anilines is 1. The van der Waals surface area contributed by atoms with Crippen molar-refractivity contribution in [2.24, 2.45) is 0 Å². The molecule has 0 aliphatic carbocycles. The van der Waals surface area contributed by atoms with Crippen LogP contribution in [0.25, 0.3) is 11.5 Å². The molecule has 4 nitrogen and oxygen atoms in total. The normalized spacial score (nSPS) is 10.6. The number of hydrogen-bond donors (Lipinski definition) is 1. The average Bonchev–Trinajstić information content (AvgIpc) is 2.58. The van der Waals surface area contributed by atoms with Gasteiger partial charge in [-0.3, -0.25) is 0 Å². The summed E-state index contributed by atoms with van der Waals surface area (Å²) >= 11 is 1.52. The molecule has 0 aromatic carbocycles. The topological polar surface area (TPSA) is 64.9 Å². The molecule has 0 bridgehead atoms. The van der Waals surface area contributed by atoms with Crippen molar-refractivity contribution in [2.45, 2.75) is 13.8 Å². The Morgan fingerprint density at radius 1 is 1.46 bits per heavy atom. The molecule has 2 heterocycles. The molecule has 2 N–H and O–H groups in total. The van der Waals surface area contributed by atoms with Gasteiger partial charge in [-0.15, -0.1) is 11.3 Å². The van der Waals surface area contributed by atoms with Crippen LogP contribution < -0.4 is 5.73 Å². The van der Waals surface area contributed by atoms with Crippen LogP contribution in [0.15, 0.2) is 10.6 Å². The lowest BCUT2D eigenvalue weighted by Gasteiger charge is -1.88. The number of aromatic nitrogens is 2. The monoisotopic (exact) mass is 195 g/mol. The molecule has 0 fully saturated rings. The Bertz CT molecular complexity index is 432. The molecule has 0 saturated carbocycles. The fourth-order valence-electron chi connectivity index (χ4n) is 1.11. The zero-order chi connectivity index (χ0) is 9.42. The van der Waals surface area contributed by atoms with Gasteiger partial charge in [0.15, 0.2) is 5.82 Å². The first-order valence-corrected chi connectivity index (χ1v) is 4.65. The lowest BCUT2D eigenvalue weighted by Crippen LogP contribution is -1.83. The molecule has 0 radical (unpaired) electrons. The van der Waals surface area contributed by atoms with Gasteiger partial charge in [-0.2, -0.15) is 4.98 Å². The molecule has 0 unspecified atom stereocenters. The summed E-state index contributed by atoms with van der Waals surface area (Å²) in [4.78, 5) is 5.25. The highest BCUT2D eigenvalue weighted by Gasteiger charge is 2.12. The van der Waals surface area contributed by atoms with Gasteiger partial charge in [-0.1, -0.05) is 5.16 Å². The number of nitrogen functional groups attached to an aromatic ring is 1. The van der Waals surface area contributed by atoms with E-state index >= 15 is 0 Å². The average molecular weight is 195 g/mol. The lowest BCUT2D eigenvalue weighted by molar-refractivity contribution is 0.426. The molecule has 5 heteroatoms. The van der Waals surface area contributed by atoms with E-state index in [9.17, 15) is 0 Å². The predicted octanol–water partition coefficient (Wildman–Crippen LogP) is 2.00. The zero-order valence-corrected chi connectivity index (χ0v) is 8.18. The van der Waals surface area contributed by atoms with Crippen LogP contribution in [0.5, 0.6) is 0 Å². The van der Waals surface area contributed by atoms with Gasteiger partial charge in [0, 0.05) is 4.88 Å². The van der Waals surface area contributed by atoms with E-state index in [0.29, 0.717) is 11.7 Å². The smallest absolute Gasteiger partial charge is 0.260 e. The first-order valence-electron chi connectivity index (χ1n) is 3.83. The van der Waals surface area contributed by atoms with E-state index in [4.69, 9.17) is 10.3 Å². The first-order chi connectivity index (χ1) is 6.16. The van der Waals surface area contributed by atoms with E-state index in [0.717, 1.165) is 15.4 Å². The van der Waals surface area contributed by atoms with Gasteiger partial charge in [0.25, 0.3) is 5.89 Å². The van der Waals surface area contributed by atoms with E-state index < -0.39 is 0 Å². The van der Waals surface area contributed by atoms with Crippen molar-refractivity contribution in [1.82, 2.24) is 10.1 Å². The Morgan fingerprint density at radius 3 is 2.69 bits per heavy atom. The van der Waals surface area contributed by atoms with Crippen molar-refractivity contribution in [1.29, 1.82) is 0 Å². The van der Waals surface area contributed by atoms with Gasteiger partial charge in [0.05, 0.1) is 10.6 Å². The minimum Gasteiger partial charge on any atom is -0.390 e. The van der Waals surface area contributed by atoms with E-state index in [1.807, 2.05) is 13.0 Å². The van der Waals surface area contributed by atoms with Gasteiger partial charge in [0.1, 0.15) is 0 Å². The van der Waals surface area contributed by atoms with Crippen LogP contribution in [0.4, 0.5) is 5.00 Å². The molecular weight excluding hydrogens is 186 g/mol. The molecule has 2 rings (SSSR count). The van der Waals surface area contributed by atoms with Crippen LogP contribution in [0.3, 0.4) is 0 Å². The second-order valence-electron chi connectivity index (χ2n) is 2.78. The first kappa shape index (κ1) is 8.25. The summed E-state index contributed by atoms with van der Waals surface area (Å²) in [6, 6.07) is 1.95. The number of aryl methyl sites for hydroxylation is 2. The fraction of sp³-hybridized carbons (Fsp3) is 0.250. The molecule has 0 aliphatic rings. The van der Waals surface area contributed by atoms with Gasteiger partial charge in [-0.05, 0) is 19.9 Å². The van der Waals surface area contributed by atoms with Gasteiger partial charge < -0.3 is 10.3 Å². The number of thiophene rings is 1. The summed E-state index contributed by atoms with van der Waals surface area (Å²) in [7, 11) is 0. The minimum atomic E-state index is 0.499. The summed E-state index contributed by atoms with van der Waals surface area (Å²) in [6.45, 7) is 3.77. The third-order valence-corrected chi connectivity index (χ3v) is 2.52. The summed E-state index contributed by atoms with van der Waals surface area (Å²) in [5.41, 5.74) is 6.61. The number of hydrogen-bond acceptors (Lipinski definition) is 5. The highest BCUT2D eigenvalue weighted by atomic mass is 32.1. The Kier molecular flexibility index (Phi) is 1.81. The maximum absolute atomic E-state index is 5.77. The van der Waals surface area contributed by atoms with Crippen molar-refractivity contribution in [3.05, 3.63) is 16.8 Å². The second-order valence-corrected chi connectivity index (χ2v) is 4.07. The van der Waals surface area contributed by atoms with Crippen molar-refractivity contribution >= 4 is 16.3 Å².